The lowest BCUT2D eigenvalue weighted by Crippen LogP contribution is -2.38. The molecule has 0 saturated heterocycles. The summed E-state index contributed by atoms with van der Waals surface area (Å²) in [5, 5.41) is 2.85. The zero-order chi connectivity index (χ0) is 18.1. The molecule has 2 aromatic rings. The third kappa shape index (κ3) is 5.95. The van der Waals surface area contributed by atoms with Gasteiger partial charge in [0, 0.05) is 32.1 Å². The Bertz CT molecular complexity index is 684. The van der Waals surface area contributed by atoms with Gasteiger partial charge in [0.2, 0.25) is 5.91 Å². The lowest BCUT2D eigenvalue weighted by molar-refractivity contribution is -0.128. The monoisotopic (exact) mass is 340 g/mol. The van der Waals surface area contributed by atoms with Gasteiger partial charge in [-0.1, -0.05) is 30.3 Å². The van der Waals surface area contributed by atoms with E-state index in [1.807, 2.05) is 42.5 Å². The summed E-state index contributed by atoms with van der Waals surface area (Å²) in [6, 6.07) is 16.9. The Morgan fingerprint density at radius 3 is 2.28 bits per heavy atom. The van der Waals surface area contributed by atoms with Gasteiger partial charge in [0.1, 0.15) is 5.75 Å². The highest BCUT2D eigenvalue weighted by atomic mass is 16.5. The average molecular weight is 340 g/mol. The summed E-state index contributed by atoms with van der Waals surface area (Å²) in [7, 11) is 1.64. The van der Waals surface area contributed by atoms with Crippen LogP contribution in [-0.2, 0) is 11.2 Å². The molecule has 0 bridgehead atoms. The molecular formula is C20H24N2O3. The number of ether oxygens (including phenoxy) is 1. The first-order valence-electron chi connectivity index (χ1n) is 8.32. The highest BCUT2D eigenvalue weighted by Crippen LogP contribution is 2.12. The standard InChI is InChI=1S/C20H24N2O3/c1-16(23)22(14-12-17-8-10-19(25-2)11-9-17)15-13-21-20(24)18-6-4-3-5-7-18/h3-11H,12-15H2,1-2H3,(H,21,24). The molecule has 2 rings (SSSR count). The Morgan fingerprint density at radius 2 is 1.68 bits per heavy atom. The largest absolute Gasteiger partial charge is 0.497 e. The van der Waals surface area contributed by atoms with Crippen molar-refractivity contribution in [3.05, 3.63) is 65.7 Å². The Labute approximate surface area is 148 Å². The summed E-state index contributed by atoms with van der Waals surface area (Å²) in [5.74, 6) is 0.692. The van der Waals surface area contributed by atoms with E-state index in [4.69, 9.17) is 4.74 Å². The number of nitrogens with one attached hydrogen (secondary N) is 1. The average Bonchev–Trinajstić information content (AvgIpc) is 2.65. The number of rotatable bonds is 8. The first kappa shape index (κ1) is 18.5. The van der Waals surface area contributed by atoms with Crippen molar-refractivity contribution in [3.8, 4) is 5.75 Å². The van der Waals surface area contributed by atoms with Crippen LogP contribution in [0.2, 0.25) is 0 Å². The van der Waals surface area contributed by atoms with Crippen LogP contribution in [0.3, 0.4) is 0 Å². The van der Waals surface area contributed by atoms with Crippen molar-refractivity contribution in [1.29, 1.82) is 0 Å². The van der Waals surface area contributed by atoms with Crippen LogP contribution in [0.1, 0.15) is 22.8 Å². The van der Waals surface area contributed by atoms with Crippen LogP contribution < -0.4 is 10.1 Å². The van der Waals surface area contributed by atoms with Gasteiger partial charge in [-0.05, 0) is 36.2 Å². The van der Waals surface area contributed by atoms with Gasteiger partial charge in [-0.15, -0.1) is 0 Å². The molecule has 0 aliphatic heterocycles. The predicted molar refractivity (Wildman–Crippen MR) is 97.7 cm³/mol. The zero-order valence-corrected chi connectivity index (χ0v) is 14.7. The summed E-state index contributed by atoms with van der Waals surface area (Å²) in [6.07, 6.45) is 0.760. The molecular weight excluding hydrogens is 316 g/mol. The van der Waals surface area contributed by atoms with E-state index in [0.29, 0.717) is 25.2 Å². The van der Waals surface area contributed by atoms with Crippen molar-refractivity contribution in [2.24, 2.45) is 0 Å². The van der Waals surface area contributed by atoms with E-state index in [1.165, 1.54) is 0 Å². The van der Waals surface area contributed by atoms with Gasteiger partial charge < -0.3 is 15.0 Å². The van der Waals surface area contributed by atoms with Gasteiger partial charge in [-0.25, -0.2) is 0 Å². The number of carbonyl (C=O) groups excluding carboxylic acids is 2. The molecule has 0 heterocycles. The van der Waals surface area contributed by atoms with Crippen molar-refractivity contribution >= 4 is 11.8 Å². The van der Waals surface area contributed by atoms with E-state index < -0.39 is 0 Å². The lowest BCUT2D eigenvalue weighted by atomic mass is 10.1. The van der Waals surface area contributed by atoms with Crippen LogP contribution in [0.25, 0.3) is 0 Å². The van der Waals surface area contributed by atoms with Crippen LogP contribution >= 0.6 is 0 Å². The van der Waals surface area contributed by atoms with Crippen molar-refractivity contribution in [3.63, 3.8) is 0 Å². The lowest BCUT2D eigenvalue weighted by Gasteiger charge is -2.21. The van der Waals surface area contributed by atoms with Gasteiger partial charge in [0.15, 0.2) is 0 Å². The van der Waals surface area contributed by atoms with Crippen molar-refractivity contribution < 1.29 is 14.3 Å². The normalized spacial score (nSPS) is 10.2. The van der Waals surface area contributed by atoms with Crippen LogP contribution in [-0.4, -0.2) is 43.5 Å². The quantitative estimate of drug-likeness (QED) is 0.803. The molecule has 5 nitrogen and oxygen atoms in total. The Kier molecular flexibility index (Phi) is 7.01. The first-order valence-corrected chi connectivity index (χ1v) is 8.32. The van der Waals surface area contributed by atoms with Crippen LogP contribution in [0.4, 0.5) is 0 Å². The second-order valence-corrected chi connectivity index (χ2v) is 5.73. The minimum Gasteiger partial charge on any atom is -0.497 e. The maximum atomic E-state index is 12.0. The molecule has 25 heavy (non-hydrogen) atoms. The first-order chi connectivity index (χ1) is 12.1. The maximum absolute atomic E-state index is 12.0. The topological polar surface area (TPSA) is 58.6 Å². The Morgan fingerprint density at radius 1 is 1.00 bits per heavy atom. The van der Waals surface area contributed by atoms with E-state index in [9.17, 15) is 9.59 Å². The Hall–Kier alpha value is -2.82. The van der Waals surface area contributed by atoms with Gasteiger partial charge in [-0.3, -0.25) is 9.59 Å². The van der Waals surface area contributed by atoms with Crippen molar-refractivity contribution in [1.82, 2.24) is 10.2 Å². The van der Waals surface area contributed by atoms with E-state index in [-0.39, 0.29) is 11.8 Å². The van der Waals surface area contributed by atoms with E-state index >= 15 is 0 Å². The number of benzene rings is 2. The highest BCUT2D eigenvalue weighted by Gasteiger charge is 2.10. The fourth-order valence-corrected chi connectivity index (χ4v) is 2.48. The van der Waals surface area contributed by atoms with E-state index in [1.54, 1.807) is 31.1 Å². The van der Waals surface area contributed by atoms with Gasteiger partial charge in [0.25, 0.3) is 5.91 Å². The molecule has 0 spiro atoms. The molecule has 0 fully saturated rings. The van der Waals surface area contributed by atoms with Gasteiger partial charge in [-0.2, -0.15) is 0 Å². The second kappa shape index (κ2) is 9.47. The summed E-state index contributed by atoms with van der Waals surface area (Å²) < 4.78 is 5.14. The molecule has 2 aromatic carbocycles. The SMILES string of the molecule is COc1ccc(CCN(CCNC(=O)c2ccccc2)C(C)=O)cc1. The summed E-state index contributed by atoms with van der Waals surface area (Å²) >= 11 is 0. The van der Waals surface area contributed by atoms with Crippen molar-refractivity contribution in [2.45, 2.75) is 13.3 Å². The maximum Gasteiger partial charge on any atom is 0.251 e. The number of nitrogens with zero attached hydrogens (tertiary/aromatic N) is 1. The third-order valence-electron chi connectivity index (χ3n) is 3.98. The van der Waals surface area contributed by atoms with Gasteiger partial charge in [0.05, 0.1) is 7.11 Å². The molecule has 0 atom stereocenters. The van der Waals surface area contributed by atoms with E-state index in [0.717, 1.165) is 17.7 Å². The Balaban J connectivity index is 1.80. The minimum atomic E-state index is -0.126. The van der Waals surface area contributed by atoms with Crippen molar-refractivity contribution in [2.75, 3.05) is 26.7 Å². The zero-order valence-electron chi connectivity index (χ0n) is 14.7. The molecule has 0 saturated carbocycles. The smallest absolute Gasteiger partial charge is 0.251 e. The number of carbonyl (C=O) groups is 2. The molecule has 5 heteroatoms. The summed E-state index contributed by atoms with van der Waals surface area (Å²) in [6.45, 7) is 3.08. The summed E-state index contributed by atoms with van der Waals surface area (Å²) in [4.78, 5) is 25.6. The predicted octanol–water partition coefficient (Wildman–Crippen LogP) is 2.52. The second-order valence-electron chi connectivity index (χ2n) is 5.73. The van der Waals surface area contributed by atoms with E-state index in [2.05, 4.69) is 5.32 Å². The number of methoxy groups -OCH3 is 1. The summed E-state index contributed by atoms with van der Waals surface area (Å²) in [5.41, 5.74) is 1.76. The number of hydrogen-bond acceptors (Lipinski definition) is 3. The van der Waals surface area contributed by atoms with Crippen LogP contribution in [0.5, 0.6) is 5.75 Å². The number of amides is 2. The molecule has 0 radical (unpaired) electrons. The van der Waals surface area contributed by atoms with Crippen LogP contribution in [0, 0.1) is 0 Å². The molecule has 0 aliphatic carbocycles. The molecule has 0 aromatic heterocycles. The molecule has 1 N–H and O–H groups in total. The van der Waals surface area contributed by atoms with Crippen LogP contribution in [0.15, 0.2) is 54.6 Å². The van der Waals surface area contributed by atoms with Gasteiger partial charge >= 0.3 is 0 Å². The fraction of sp³-hybridized carbons (Fsp3) is 0.300. The third-order valence-corrected chi connectivity index (χ3v) is 3.98. The number of hydrogen-bond donors (Lipinski definition) is 1. The fourth-order valence-electron chi connectivity index (χ4n) is 2.48. The minimum absolute atomic E-state index is 0.00229. The molecule has 0 unspecified atom stereocenters. The molecule has 2 amide bonds. The molecule has 0 aliphatic rings. The molecule has 132 valence electrons. The highest BCUT2D eigenvalue weighted by molar-refractivity contribution is 5.94.